The molecule has 0 fully saturated rings. The Hall–Kier alpha value is -0.0800. The van der Waals surface area contributed by atoms with Crippen molar-refractivity contribution in [3.8, 4) is 0 Å². The minimum absolute atomic E-state index is 0.352. The monoisotopic (exact) mass is 117 g/mol. The summed E-state index contributed by atoms with van der Waals surface area (Å²) < 4.78 is 5.22. The van der Waals surface area contributed by atoms with Gasteiger partial charge in [0.1, 0.15) is 0 Å². The van der Waals surface area contributed by atoms with Gasteiger partial charge in [0, 0.05) is 13.2 Å². The lowest BCUT2D eigenvalue weighted by molar-refractivity contribution is 0.0776. The van der Waals surface area contributed by atoms with Crippen LogP contribution in [0.2, 0.25) is 0 Å². The normalized spacial score (nSPS) is 13.9. The van der Waals surface area contributed by atoms with E-state index in [0.29, 0.717) is 6.10 Å². The Morgan fingerprint density at radius 2 is 2.25 bits per heavy atom. The van der Waals surface area contributed by atoms with Gasteiger partial charge in [-0.25, -0.2) is 0 Å². The van der Waals surface area contributed by atoms with Gasteiger partial charge in [-0.1, -0.05) is 0 Å². The predicted octanol–water partition coefficient (Wildman–Crippen LogP) is 0.631. The van der Waals surface area contributed by atoms with Gasteiger partial charge in [0.05, 0.1) is 6.10 Å². The zero-order chi connectivity index (χ0) is 6.41. The molecule has 0 unspecified atom stereocenters. The third kappa shape index (κ3) is 4.09. The van der Waals surface area contributed by atoms with Gasteiger partial charge in [0.2, 0.25) is 0 Å². The van der Waals surface area contributed by atoms with Crippen LogP contribution in [0.5, 0.6) is 0 Å². The van der Waals surface area contributed by atoms with Crippen molar-refractivity contribution in [1.82, 2.24) is 5.32 Å². The first kappa shape index (κ1) is 7.92. The van der Waals surface area contributed by atoms with Gasteiger partial charge in [0.25, 0.3) is 0 Å². The number of ether oxygens (including phenoxy) is 1. The summed E-state index contributed by atoms with van der Waals surface area (Å²) in [7, 11) is 1.93. The first-order valence-corrected chi connectivity index (χ1v) is 3.07. The van der Waals surface area contributed by atoms with Gasteiger partial charge < -0.3 is 10.1 Å². The summed E-state index contributed by atoms with van der Waals surface area (Å²) >= 11 is 0. The number of hydrogen-bond donors (Lipinski definition) is 1. The fourth-order valence-corrected chi connectivity index (χ4v) is 0.631. The third-order valence-corrected chi connectivity index (χ3v) is 0.943. The first-order valence-electron chi connectivity index (χ1n) is 3.07. The summed E-state index contributed by atoms with van der Waals surface area (Å²) in [6.45, 7) is 5.81. The van der Waals surface area contributed by atoms with Gasteiger partial charge in [0.15, 0.2) is 0 Å². The maximum absolute atomic E-state index is 5.22. The minimum atomic E-state index is 0.352. The SMILES string of the molecule is CCO[C@H](C)CNC. The lowest BCUT2D eigenvalue weighted by Gasteiger charge is -2.08. The molecular weight excluding hydrogens is 102 g/mol. The molecule has 0 aliphatic heterocycles. The quantitative estimate of drug-likeness (QED) is 0.583. The highest BCUT2D eigenvalue weighted by molar-refractivity contribution is 4.49. The molecule has 2 nitrogen and oxygen atoms in total. The van der Waals surface area contributed by atoms with Crippen LogP contribution in [0.1, 0.15) is 13.8 Å². The van der Waals surface area contributed by atoms with E-state index in [-0.39, 0.29) is 0 Å². The van der Waals surface area contributed by atoms with E-state index in [2.05, 4.69) is 12.2 Å². The second-order valence-electron chi connectivity index (χ2n) is 1.82. The van der Waals surface area contributed by atoms with Crippen molar-refractivity contribution in [1.29, 1.82) is 0 Å². The summed E-state index contributed by atoms with van der Waals surface area (Å²) in [5.74, 6) is 0. The summed E-state index contributed by atoms with van der Waals surface area (Å²) in [5.41, 5.74) is 0. The van der Waals surface area contributed by atoms with E-state index >= 15 is 0 Å². The standard InChI is InChI=1S/C6H15NO/c1-4-8-6(2)5-7-3/h6-7H,4-5H2,1-3H3/t6-/m1/s1. The molecule has 0 amide bonds. The van der Waals surface area contributed by atoms with Crippen molar-refractivity contribution >= 4 is 0 Å². The summed E-state index contributed by atoms with van der Waals surface area (Å²) in [6, 6.07) is 0. The Morgan fingerprint density at radius 1 is 1.62 bits per heavy atom. The van der Waals surface area contributed by atoms with Crippen LogP contribution in [0.4, 0.5) is 0 Å². The van der Waals surface area contributed by atoms with Gasteiger partial charge in [-0.15, -0.1) is 0 Å². The molecule has 0 aliphatic rings. The zero-order valence-corrected chi connectivity index (χ0v) is 5.90. The molecule has 2 heteroatoms. The van der Waals surface area contributed by atoms with Gasteiger partial charge in [-0.3, -0.25) is 0 Å². The highest BCUT2D eigenvalue weighted by Gasteiger charge is 1.94. The Morgan fingerprint density at radius 3 is 2.62 bits per heavy atom. The lowest BCUT2D eigenvalue weighted by atomic mass is 10.4. The van der Waals surface area contributed by atoms with Crippen molar-refractivity contribution in [3.63, 3.8) is 0 Å². The number of likely N-dealkylation sites (N-methyl/N-ethyl adjacent to an activating group) is 1. The topological polar surface area (TPSA) is 21.3 Å². The van der Waals surface area contributed by atoms with E-state index in [0.717, 1.165) is 13.2 Å². The van der Waals surface area contributed by atoms with E-state index < -0.39 is 0 Å². The van der Waals surface area contributed by atoms with E-state index in [9.17, 15) is 0 Å². The Kier molecular flexibility index (Phi) is 5.01. The summed E-state index contributed by atoms with van der Waals surface area (Å²) in [5, 5.41) is 3.03. The van der Waals surface area contributed by atoms with Gasteiger partial charge in [-0.05, 0) is 20.9 Å². The zero-order valence-electron chi connectivity index (χ0n) is 5.90. The molecule has 50 valence electrons. The van der Waals surface area contributed by atoms with Crippen molar-refractivity contribution in [3.05, 3.63) is 0 Å². The van der Waals surface area contributed by atoms with Crippen LogP contribution in [-0.2, 0) is 4.74 Å². The highest BCUT2D eigenvalue weighted by Crippen LogP contribution is 1.85. The predicted molar refractivity (Wildman–Crippen MR) is 35.0 cm³/mol. The third-order valence-electron chi connectivity index (χ3n) is 0.943. The maximum atomic E-state index is 5.22. The minimum Gasteiger partial charge on any atom is -0.377 e. The lowest BCUT2D eigenvalue weighted by Crippen LogP contribution is -2.23. The molecule has 0 aromatic carbocycles. The second kappa shape index (κ2) is 5.06. The van der Waals surface area contributed by atoms with Crippen LogP contribution in [0.25, 0.3) is 0 Å². The molecule has 1 atom stereocenters. The molecule has 8 heavy (non-hydrogen) atoms. The van der Waals surface area contributed by atoms with E-state index in [1.165, 1.54) is 0 Å². The molecule has 0 aromatic heterocycles. The van der Waals surface area contributed by atoms with Gasteiger partial charge >= 0.3 is 0 Å². The molecule has 1 N–H and O–H groups in total. The largest absolute Gasteiger partial charge is 0.377 e. The van der Waals surface area contributed by atoms with Crippen molar-refractivity contribution in [2.24, 2.45) is 0 Å². The average molecular weight is 117 g/mol. The van der Waals surface area contributed by atoms with Crippen LogP contribution in [-0.4, -0.2) is 26.3 Å². The van der Waals surface area contributed by atoms with Crippen LogP contribution >= 0.6 is 0 Å². The maximum Gasteiger partial charge on any atom is 0.0671 e. The fourth-order valence-electron chi connectivity index (χ4n) is 0.631. The number of hydrogen-bond acceptors (Lipinski definition) is 2. The molecule has 0 saturated carbocycles. The molecule has 0 aromatic rings. The Balaban J connectivity index is 2.92. The average Bonchev–Trinajstić information content (AvgIpc) is 1.68. The van der Waals surface area contributed by atoms with Crippen molar-refractivity contribution in [2.75, 3.05) is 20.2 Å². The van der Waals surface area contributed by atoms with E-state index in [4.69, 9.17) is 4.74 Å². The summed E-state index contributed by atoms with van der Waals surface area (Å²) in [4.78, 5) is 0. The Bertz CT molecular complexity index is 41.8. The molecular formula is C6H15NO. The second-order valence-corrected chi connectivity index (χ2v) is 1.82. The molecule has 0 radical (unpaired) electrons. The van der Waals surface area contributed by atoms with E-state index in [1.54, 1.807) is 0 Å². The fraction of sp³-hybridized carbons (Fsp3) is 1.00. The molecule has 0 aliphatic carbocycles. The molecule has 0 saturated heterocycles. The van der Waals surface area contributed by atoms with Crippen LogP contribution in [0.3, 0.4) is 0 Å². The van der Waals surface area contributed by atoms with Crippen LogP contribution < -0.4 is 5.32 Å². The van der Waals surface area contributed by atoms with Crippen LogP contribution in [0, 0.1) is 0 Å². The molecule has 0 bridgehead atoms. The van der Waals surface area contributed by atoms with Crippen LogP contribution in [0.15, 0.2) is 0 Å². The van der Waals surface area contributed by atoms with E-state index in [1.807, 2.05) is 14.0 Å². The summed E-state index contributed by atoms with van der Waals surface area (Å²) in [6.07, 6.45) is 0.352. The first-order chi connectivity index (χ1) is 3.81. The van der Waals surface area contributed by atoms with Gasteiger partial charge in [-0.2, -0.15) is 0 Å². The number of rotatable bonds is 4. The molecule has 0 heterocycles. The molecule has 0 spiro atoms. The molecule has 0 rings (SSSR count). The van der Waals surface area contributed by atoms with Crippen molar-refractivity contribution in [2.45, 2.75) is 20.0 Å². The number of nitrogens with one attached hydrogen (secondary N) is 1. The Labute approximate surface area is 51.2 Å². The smallest absolute Gasteiger partial charge is 0.0671 e. The van der Waals surface area contributed by atoms with Crippen molar-refractivity contribution < 1.29 is 4.74 Å². The highest BCUT2D eigenvalue weighted by atomic mass is 16.5.